The predicted octanol–water partition coefficient (Wildman–Crippen LogP) is -0.729. The molecule has 0 aliphatic carbocycles. The molecule has 1 heterocycles. The zero-order chi connectivity index (χ0) is 9.90. The van der Waals surface area contributed by atoms with Crippen LogP contribution in [0.4, 0.5) is 0 Å². The van der Waals surface area contributed by atoms with E-state index in [0.29, 0.717) is 19.6 Å². The van der Waals surface area contributed by atoms with E-state index >= 15 is 0 Å². The Hall–Kier alpha value is -0.460. The first kappa shape index (κ1) is 10.6. The molecule has 1 saturated heterocycles. The van der Waals surface area contributed by atoms with Crippen LogP contribution in [0.1, 0.15) is 12.8 Å². The van der Waals surface area contributed by atoms with Crippen LogP contribution in [0.2, 0.25) is 0 Å². The standard InChI is InChI=1S/C7H13NO4S/c8-13(10,11)5-7(9)6-2-1-3-12-4-6/h6H,1-5H2,(H2,8,10,11). The summed E-state index contributed by atoms with van der Waals surface area (Å²) < 4.78 is 26.3. The molecule has 0 aromatic carbocycles. The minimum atomic E-state index is -3.68. The second kappa shape index (κ2) is 4.17. The quantitative estimate of drug-likeness (QED) is 0.661. The van der Waals surface area contributed by atoms with Gasteiger partial charge in [0.15, 0.2) is 5.78 Å². The fourth-order valence-electron chi connectivity index (χ4n) is 1.31. The molecular weight excluding hydrogens is 194 g/mol. The summed E-state index contributed by atoms with van der Waals surface area (Å²) in [4.78, 5) is 11.3. The molecule has 1 fully saturated rings. The van der Waals surface area contributed by atoms with Gasteiger partial charge in [0.2, 0.25) is 10.0 Å². The number of carbonyl (C=O) groups is 1. The highest BCUT2D eigenvalue weighted by Gasteiger charge is 2.24. The average molecular weight is 207 g/mol. The Morgan fingerprint density at radius 3 is 2.69 bits per heavy atom. The van der Waals surface area contributed by atoms with Gasteiger partial charge in [0.25, 0.3) is 0 Å². The Labute approximate surface area is 77.3 Å². The lowest BCUT2D eigenvalue weighted by Crippen LogP contribution is -2.32. The van der Waals surface area contributed by atoms with Crippen molar-refractivity contribution in [3.05, 3.63) is 0 Å². The molecule has 1 unspecified atom stereocenters. The van der Waals surface area contributed by atoms with Crippen LogP contribution in [0, 0.1) is 5.92 Å². The number of primary sulfonamides is 1. The average Bonchev–Trinajstić information content (AvgIpc) is 2.03. The van der Waals surface area contributed by atoms with Crippen molar-refractivity contribution in [1.82, 2.24) is 0 Å². The van der Waals surface area contributed by atoms with Crippen LogP contribution in [0.15, 0.2) is 0 Å². The van der Waals surface area contributed by atoms with Crippen LogP contribution < -0.4 is 5.14 Å². The molecule has 0 radical (unpaired) electrons. The molecule has 2 N–H and O–H groups in total. The molecule has 76 valence electrons. The van der Waals surface area contributed by atoms with Gasteiger partial charge in [-0.3, -0.25) is 4.79 Å². The molecule has 1 atom stereocenters. The van der Waals surface area contributed by atoms with Crippen LogP contribution in [-0.4, -0.2) is 33.2 Å². The van der Waals surface area contributed by atoms with Gasteiger partial charge >= 0.3 is 0 Å². The lowest BCUT2D eigenvalue weighted by molar-refractivity contribution is -0.124. The van der Waals surface area contributed by atoms with E-state index < -0.39 is 15.8 Å². The van der Waals surface area contributed by atoms with Crippen LogP contribution >= 0.6 is 0 Å². The SMILES string of the molecule is NS(=O)(=O)CC(=O)C1CCCOC1. The van der Waals surface area contributed by atoms with Crippen molar-refractivity contribution in [3.63, 3.8) is 0 Å². The van der Waals surface area contributed by atoms with Crippen LogP contribution in [0.5, 0.6) is 0 Å². The van der Waals surface area contributed by atoms with Crippen molar-refractivity contribution >= 4 is 15.8 Å². The van der Waals surface area contributed by atoms with Crippen molar-refractivity contribution < 1.29 is 17.9 Å². The van der Waals surface area contributed by atoms with E-state index in [0.717, 1.165) is 6.42 Å². The lowest BCUT2D eigenvalue weighted by atomic mass is 9.99. The molecule has 1 aliphatic heterocycles. The number of carbonyl (C=O) groups excluding carboxylic acids is 1. The molecule has 0 aromatic rings. The summed E-state index contributed by atoms with van der Waals surface area (Å²) in [7, 11) is -3.68. The highest BCUT2D eigenvalue weighted by atomic mass is 32.2. The van der Waals surface area contributed by atoms with Gasteiger partial charge in [0, 0.05) is 12.5 Å². The van der Waals surface area contributed by atoms with Gasteiger partial charge in [-0.05, 0) is 12.8 Å². The molecule has 5 nitrogen and oxygen atoms in total. The van der Waals surface area contributed by atoms with E-state index in [9.17, 15) is 13.2 Å². The zero-order valence-electron chi connectivity index (χ0n) is 7.23. The Morgan fingerprint density at radius 1 is 1.54 bits per heavy atom. The number of rotatable bonds is 3. The highest BCUT2D eigenvalue weighted by Crippen LogP contribution is 2.14. The van der Waals surface area contributed by atoms with Crippen molar-refractivity contribution in [2.45, 2.75) is 12.8 Å². The normalized spacial score (nSPS) is 24.2. The summed E-state index contributed by atoms with van der Waals surface area (Å²) in [5.41, 5.74) is 0. The Kier molecular flexibility index (Phi) is 3.40. The fraction of sp³-hybridized carbons (Fsp3) is 0.857. The van der Waals surface area contributed by atoms with Gasteiger partial charge in [-0.1, -0.05) is 0 Å². The van der Waals surface area contributed by atoms with Crippen molar-refractivity contribution in [1.29, 1.82) is 0 Å². The van der Waals surface area contributed by atoms with E-state index in [2.05, 4.69) is 0 Å². The van der Waals surface area contributed by atoms with Gasteiger partial charge in [-0.15, -0.1) is 0 Å². The lowest BCUT2D eigenvalue weighted by Gasteiger charge is -2.20. The number of ether oxygens (including phenoxy) is 1. The number of hydrogen-bond acceptors (Lipinski definition) is 4. The molecule has 13 heavy (non-hydrogen) atoms. The van der Waals surface area contributed by atoms with Gasteiger partial charge in [0.05, 0.1) is 6.61 Å². The van der Waals surface area contributed by atoms with E-state index in [1.807, 2.05) is 0 Å². The number of hydrogen-bond donors (Lipinski definition) is 1. The highest BCUT2D eigenvalue weighted by molar-refractivity contribution is 7.89. The predicted molar refractivity (Wildman–Crippen MR) is 46.5 cm³/mol. The smallest absolute Gasteiger partial charge is 0.216 e. The first-order chi connectivity index (χ1) is 5.99. The zero-order valence-corrected chi connectivity index (χ0v) is 8.05. The Bertz CT molecular complexity index is 279. The number of Topliss-reactive ketones (excluding diaryl/α,β-unsaturated/α-hetero) is 1. The molecule has 1 aliphatic rings. The first-order valence-electron chi connectivity index (χ1n) is 4.10. The monoisotopic (exact) mass is 207 g/mol. The molecular formula is C7H13NO4S. The fourth-order valence-corrected chi connectivity index (χ4v) is 1.94. The second-order valence-corrected chi connectivity index (χ2v) is 4.80. The Morgan fingerprint density at radius 2 is 2.23 bits per heavy atom. The maximum Gasteiger partial charge on any atom is 0.216 e. The van der Waals surface area contributed by atoms with Crippen LogP contribution in [-0.2, 0) is 19.6 Å². The summed E-state index contributed by atoms with van der Waals surface area (Å²) in [5, 5.41) is 4.75. The number of sulfonamides is 1. The van der Waals surface area contributed by atoms with Crippen molar-refractivity contribution in [2.75, 3.05) is 19.0 Å². The first-order valence-corrected chi connectivity index (χ1v) is 5.81. The minimum absolute atomic E-state index is 0.285. The van der Waals surface area contributed by atoms with Crippen molar-refractivity contribution in [2.24, 2.45) is 11.1 Å². The Balaban J connectivity index is 2.47. The topological polar surface area (TPSA) is 86.5 Å². The summed E-state index contributed by atoms with van der Waals surface area (Å²) in [6, 6.07) is 0. The van der Waals surface area contributed by atoms with E-state index in [1.165, 1.54) is 0 Å². The van der Waals surface area contributed by atoms with Gasteiger partial charge in [-0.25, -0.2) is 13.6 Å². The molecule has 1 rings (SSSR count). The largest absolute Gasteiger partial charge is 0.381 e. The summed E-state index contributed by atoms with van der Waals surface area (Å²) in [6.07, 6.45) is 1.51. The number of ketones is 1. The van der Waals surface area contributed by atoms with Gasteiger partial charge in [-0.2, -0.15) is 0 Å². The summed E-state index contributed by atoms with van der Waals surface area (Å²) in [5.74, 6) is -1.18. The minimum Gasteiger partial charge on any atom is -0.381 e. The third-order valence-electron chi connectivity index (χ3n) is 1.96. The van der Waals surface area contributed by atoms with E-state index in [-0.39, 0.29) is 11.7 Å². The molecule has 0 saturated carbocycles. The summed E-state index contributed by atoms with van der Waals surface area (Å²) in [6.45, 7) is 0.980. The van der Waals surface area contributed by atoms with E-state index in [1.54, 1.807) is 0 Å². The molecule has 0 spiro atoms. The van der Waals surface area contributed by atoms with Crippen LogP contribution in [0.3, 0.4) is 0 Å². The van der Waals surface area contributed by atoms with Gasteiger partial charge < -0.3 is 4.74 Å². The molecule has 0 amide bonds. The second-order valence-electron chi connectivity index (χ2n) is 3.19. The molecule has 0 aromatic heterocycles. The maximum atomic E-state index is 11.3. The van der Waals surface area contributed by atoms with E-state index in [4.69, 9.17) is 9.88 Å². The maximum absolute atomic E-state index is 11.3. The van der Waals surface area contributed by atoms with Crippen molar-refractivity contribution in [3.8, 4) is 0 Å². The van der Waals surface area contributed by atoms with Gasteiger partial charge in [0.1, 0.15) is 5.75 Å². The molecule has 0 bridgehead atoms. The third kappa shape index (κ3) is 3.84. The van der Waals surface area contributed by atoms with Crippen LogP contribution in [0.25, 0.3) is 0 Å². The summed E-state index contributed by atoms with van der Waals surface area (Å²) >= 11 is 0. The molecule has 6 heteroatoms. The number of nitrogens with two attached hydrogens (primary N) is 1. The third-order valence-corrected chi connectivity index (χ3v) is 2.65.